The number of hydrogen-bond acceptors (Lipinski definition) is 3. The van der Waals surface area contributed by atoms with Crippen molar-refractivity contribution in [3.8, 4) is 0 Å². The Bertz CT molecular complexity index is 757. The van der Waals surface area contributed by atoms with Crippen molar-refractivity contribution in [2.75, 3.05) is 5.32 Å². The van der Waals surface area contributed by atoms with Crippen molar-refractivity contribution in [1.29, 1.82) is 0 Å². The summed E-state index contributed by atoms with van der Waals surface area (Å²) in [6, 6.07) is 15.6. The third-order valence-electron chi connectivity index (χ3n) is 3.42. The molecule has 6 heteroatoms. The van der Waals surface area contributed by atoms with E-state index >= 15 is 0 Å². The van der Waals surface area contributed by atoms with Crippen LogP contribution in [0.25, 0.3) is 0 Å². The van der Waals surface area contributed by atoms with E-state index in [0.717, 1.165) is 5.56 Å². The van der Waals surface area contributed by atoms with Crippen molar-refractivity contribution in [1.82, 2.24) is 5.32 Å². The zero-order valence-corrected chi connectivity index (χ0v) is 15.8. The molecule has 0 saturated carbocycles. The maximum absolute atomic E-state index is 12.7. The fourth-order valence-corrected chi connectivity index (χ4v) is 2.47. The van der Waals surface area contributed by atoms with Gasteiger partial charge in [-0.15, -0.1) is 0 Å². The molecule has 2 amide bonds. The molecule has 0 unspecified atom stereocenters. The SMILES string of the molecule is CC(C)(C)OC(=O)N[C@@H](Cc1ccccc1)C(=O)Nc1ccccc1Cl. The largest absolute Gasteiger partial charge is 0.444 e. The molecule has 0 fully saturated rings. The minimum atomic E-state index is -0.802. The van der Waals surface area contributed by atoms with Gasteiger partial charge in [0.1, 0.15) is 11.6 Å². The third kappa shape index (κ3) is 6.41. The number of anilines is 1. The molecule has 0 bridgehead atoms. The highest BCUT2D eigenvalue weighted by molar-refractivity contribution is 6.33. The first-order valence-corrected chi connectivity index (χ1v) is 8.71. The molecule has 0 saturated heterocycles. The van der Waals surface area contributed by atoms with Gasteiger partial charge in [0.15, 0.2) is 0 Å². The second-order valence-electron chi connectivity index (χ2n) is 6.86. The zero-order chi connectivity index (χ0) is 19.2. The average molecular weight is 375 g/mol. The van der Waals surface area contributed by atoms with Gasteiger partial charge in [-0.05, 0) is 38.5 Å². The number of para-hydroxylation sites is 1. The minimum Gasteiger partial charge on any atom is -0.444 e. The molecule has 2 rings (SSSR count). The molecule has 5 nitrogen and oxygen atoms in total. The highest BCUT2D eigenvalue weighted by Crippen LogP contribution is 2.21. The number of benzene rings is 2. The van der Waals surface area contributed by atoms with Crippen LogP contribution in [0.5, 0.6) is 0 Å². The van der Waals surface area contributed by atoms with Crippen molar-refractivity contribution in [2.24, 2.45) is 0 Å². The molecule has 0 spiro atoms. The Labute approximate surface area is 158 Å². The highest BCUT2D eigenvalue weighted by atomic mass is 35.5. The zero-order valence-electron chi connectivity index (χ0n) is 15.1. The van der Waals surface area contributed by atoms with Gasteiger partial charge >= 0.3 is 6.09 Å². The predicted molar refractivity (Wildman–Crippen MR) is 103 cm³/mol. The molecule has 0 radical (unpaired) electrons. The number of rotatable bonds is 5. The van der Waals surface area contributed by atoms with Crippen LogP contribution < -0.4 is 10.6 Å². The van der Waals surface area contributed by atoms with E-state index in [-0.39, 0.29) is 5.91 Å². The van der Waals surface area contributed by atoms with Crippen LogP contribution in [0, 0.1) is 0 Å². The summed E-state index contributed by atoms with van der Waals surface area (Å²) in [5.41, 5.74) is 0.756. The van der Waals surface area contributed by atoms with Crippen LogP contribution in [0.2, 0.25) is 5.02 Å². The summed E-state index contributed by atoms with van der Waals surface area (Å²) >= 11 is 6.10. The van der Waals surface area contributed by atoms with Gasteiger partial charge in [0.2, 0.25) is 5.91 Å². The van der Waals surface area contributed by atoms with Crippen molar-refractivity contribution >= 4 is 29.3 Å². The van der Waals surface area contributed by atoms with Gasteiger partial charge < -0.3 is 15.4 Å². The van der Waals surface area contributed by atoms with Crippen LogP contribution in [0.15, 0.2) is 54.6 Å². The highest BCUT2D eigenvalue weighted by Gasteiger charge is 2.25. The maximum atomic E-state index is 12.7. The molecule has 2 N–H and O–H groups in total. The molecule has 2 aromatic rings. The normalized spacial score (nSPS) is 12.2. The number of halogens is 1. The second kappa shape index (κ2) is 8.72. The molecule has 0 aliphatic heterocycles. The first kappa shape index (κ1) is 19.8. The monoisotopic (exact) mass is 374 g/mol. The Morgan fingerprint density at radius 2 is 1.65 bits per heavy atom. The molecule has 0 aliphatic carbocycles. The predicted octanol–water partition coefficient (Wildman–Crippen LogP) is 4.41. The lowest BCUT2D eigenvalue weighted by atomic mass is 10.1. The minimum absolute atomic E-state index is 0.330. The van der Waals surface area contributed by atoms with Gasteiger partial charge in [0.05, 0.1) is 10.7 Å². The Morgan fingerprint density at radius 3 is 2.27 bits per heavy atom. The molecule has 0 heterocycles. The van der Waals surface area contributed by atoms with E-state index in [2.05, 4.69) is 10.6 Å². The Kier molecular flexibility index (Phi) is 6.64. The summed E-state index contributed by atoms with van der Waals surface area (Å²) in [5.74, 6) is -0.368. The molecule has 0 aliphatic rings. The molecule has 138 valence electrons. The van der Waals surface area contributed by atoms with Crippen molar-refractivity contribution in [3.63, 3.8) is 0 Å². The van der Waals surface area contributed by atoms with E-state index in [0.29, 0.717) is 17.1 Å². The fraction of sp³-hybridized carbons (Fsp3) is 0.300. The summed E-state index contributed by atoms with van der Waals surface area (Å²) in [5, 5.41) is 5.83. The number of amides is 2. The van der Waals surface area contributed by atoms with E-state index in [1.165, 1.54) is 0 Å². The lowest BCUT2D eigenvalue weighted by Gasteiger charge is -2.23. The Balaban J connectivity index is 2.14. The first-order chi connectivity index (χ1) is 12.2. The van der Waals surface area contributed by atoms with E-state index in [1.807, 2.05) is 30.3 Å². The smallest absolute Gasteiger partial charge is 0.408 e. The van der Waals surface area contributed by atoms with E-state index in [9.17, 15) is 9.59 Å². The van der Waals surface area contributed by atoms with E-state index < -0.39 is 17.7 Å². The molecule has 2 aromatic carbocycles. The standard InChI is InChI=1S/C20H23ClN2O3/c1-20(2,3)26-19(25)23-17(13-14-9-5-4-6-10-14)18(24)22-16-12-8-7-11-15(16)21/h4-12,17H,13H2,1-3H3,(H,22,24)(H,23,25)/t17-/m0/s1. The number of nitrogens with one attached hydrogen (secondary N) is 2. The maximum Gasteiger partial charge on any atom is 0.408 e. The number of carbonyl (C=O) groups is 2. The van der Waals surface area contributed by atoms with Crippen LogP contribution in [-0.4, -0.2) is 23.6 Å². The Hall–Kier alpha value is -2.53. The summed E-state index contributed by atoms with van der Waals surface area (Å²) in [6.45, 7) is 5.30. The van der Waals surface area contributed by atoms with Crippen LogP contribution >= 0.6 is 11.6 Å². The van der Waals surface area contributed by atoms with Crippen molar-refractivity contribution < 1.29 is 14.3 Å². The van der Waals surface area contributed by atoms with Crippen molar-refractivity contribution in [3.05, 3.63) is 65.2 Å². The fourth-order valence-electron chi connectivity index (χ4n) is 2.29. The summed E-state index contributed by atoms with van der Waals surface area (Å²) < 4.78 is 5.27. The summed E-state index contributed by atoms with van der Waals surface area (Å²) in [7, 11) is 0. The molecular formula is C20H23ClN2O3. The topological polar surface area (TPSA) is 67.4 Å². The summed E-state index contributed by atoms with van der Waals surface area (Å²) in [4.78, 5) is 24.9. The summed E-state index contributed by atoms with van der Waals surface area (Å²) in [6.07, 6.45) is -0.316. The van der Waals surface area contributed by atoms with Gasteiger partial charge in [-0.2, -0.15) is 0 Å². The quantitative estimate of drug-likeness (QED) is 0.814. The van der Waals surface area contributed by atoms with Crippen molar-refractivity contribution in [2.45, 2.75) is 38.8 Å². The van der Waals surface area contributed by atoms with Gasteiger partial charge in [0.25, 0.3) is 0 Å². The molecule has 0 aromatic heterocycles. The van der Waals surface area contributed by atoms with Crippen LogP contribution in [0.4, 0.5) is 10.5 Å². The van der Waals surface area contributed by atoms with Crippen LogP contribution in [0.3, 0.4) is 0 Å². The lowest BCUT2D eigenvalue weighted by molar-refractivity contribution is -0.118. The van der Waals surface area contributed by atoms with Gasteiger partial charge in [-0.3, -0.25) is 4.79 Å². The van der Waals surface area contributed by atoms with E-state index in [1.54, 1.807) is 45.0 Å². The Morgan fingerprint density at radius 1 is 1.04 bits per heavy atom. The average Bonchev–Trinajstić information content (AvgIpc) is 2.55. The molecule has 26 heavy (non-hydrogen) atoms. The third-order valence-corrected chi connectivity index (χ3v) is 3.75. The number of hydrogen-bond donors (Lipinski definition) is 2. The van der Waals surface area contributed by atoms with Crippen LogP contribution in [-0.2, 0) is 16.0 Å². The second-order valence-corrected chi connectivity index (χ2v) is 7.26. The van der Waals surface area contributed by atoms with Crippen LogP contribution in [0.1, 0.15) is 26.3 Å². The lowest BCUT2D eigenvalue weighted by Crippen LogP contribution is -2.47. The number of alkyl carbamates (subject to hydrolysis) is 1. The van der Waals surface area contributed by atoms with E-state index in [4.69, 9.17) is 16.3 Å². The number of ether oxygens (including phenoxy) is 1. The van der Waals surface area contributed by atoms with Gasteiger partial charge in [0, 0.05) is 6.42 Å². The first-order valence-electron chi connectivity index (χ1n) is 8.33. The molecule has 1 atom stereocenters. The van der Waals surface area contributed by atoms with Gasteiger partial charge in [-0.25, -0.2) is 4.79 Å². The van der Waals surface area contributed by atoms with Gasteiger partial charge in [-0.1, -0.05) is 54.1 Å². The number of carbonyl (C=O) groups excluding carboxylic acids is 2. The molecular weight excluding hydrogens is 352 g/mol.